The Morgan fingerprint density at radius 1 is 0.738 bits per heavy atom. The molecule has 0 saturated carbocycles. The third-order valence-electron chi connectivity index (χ3n) is 6.00. The molecule has 0 unspecified atom stereocenters. The number of hydrogen-bond acceptors (Lipinski definition) is 10. The number of anilines is 4. The Bertz CT molecular complexity index is 1390. The quantitative estimate of drug-likeness (QED) is 0.135. The summed E-state index contributed by atoms with van der Waals surface area (Å²) in [5.74, 6) is 1.85. The maximum absolute atomic E-state index is 12.0. The Hall–Kier alpha value is -4.74. The van der Waals surface area contributed by atoms with E-state index in [0.717, 1.165) is 17.0 Å². The third kappa shape index (κ3) is 10.3. The van der Waals surface area contributed by atoms with E-state index in [1.54, 1.807) is 19.2 Å². The average molecular weight is 572 g/mol. The van der Waals surface area contributed by atoms with Crippen LogP contribution in [0.1, 0.15) is 21.5 Å². The number of carbonyl (C=O) groups excluding carboxylic acids is 1. The Kier molecular flexibility index (Phi) is 11.9. The van der Waals surface area contributed by atoms with Crippen molar-refractivity contribution in [2.45, 2.75) is 13.5 Å². The van der Waals surface area contributed by atoms with Gasteiger partial charge in [0.05, 0.1) is 33.5 Å². The first-order chi connectivity index (χ1) is 20.6. The maximum atomic E-state index is 12.0. The second-order valence-electron chi connectivity index (χ2n) is 9.28. The molecule has 11 nitrogen and oxygen atoms in total. The van der Waals surface area contributed by atoms with Crippen LogP contribution in [0, 0.1) is 6.92 Å². The number of amides is 1. The van der Waals surface area contributed by atoms with Gasteiger partial charge in [-0.15, -0.1) is 0 Å². The zero-order valence-electron chi connectivity index (χ0n) is 23.9. The molecule has 1 aromatic heterocycles. The summed E-state index contributed by atoms with van der Waals surface area (Å²) >= 11 is 0. The highest BCUT2D eigenvalue weighted by Crippen LogP contribution is 2.21. The number of aromatic nitrogens is 3. The third-order valence-corrected chi connectivity index (χ3v) is 6.00. The second-order valence-corrected chi connectivity index (χ2v) is 9.28. The molecule has 42 heavy (non-hydrogen) atoms. The Morgan fingerprint density at radius 3 is 2.17 bits per heavy atom. The van der Waals surface area contributed by atoms with Gasteiger partial charge in [0.1, 0.15) is 5.75 Å². The van der Waals surface area contributed by atoms with Gasteiger partial charge in [-0.05, 0) is 36.8 Å². The first-order valence-corrected chi connectivity index (χ1v) is 13.8. The van der Waals surface area contributed by atoms with Crippen LogP contribution in [-0.2, 0) is 16.0 Å². The molecule has 0 radical (unpaired) electrons. The van der Waals surface area contributed by atoms with E-state index in [-0.39, 0.29) is 5.91 Å². The lowest BCUT2D eigenvalue weighted by atomic mass is 10.1. The molecule has 4 N–H and O–H groups in total. The summed E-state index contributed by atoms with van der Waals surface area (Å²) in [4.78, 5) is 25.6. The number of ether oxygens (including phenoxy) is 3. The van der Waals surface area contributed by atoms with Gasteiger partial charge in [-0.3, -0.25) is 4.79 Å². The van der Waals surface area contributed by atoms with Crippen molar-refractivity contribution in [2.75, 3.05) is 62.6 Å². The summed E-state index contributed by atoms with van der Waals surface area (Å²) in [7, 11) is 1.62. The fourth-order valence-electron chi connectivity index (χ4n) is 3.79. The van der Waals surface area contributed by atoms with E-state index < -0.39 is 0 Å². The van der Waals surface area contributed by atoms with Gasteiger partial charge in [0, 0.05) is 37.0 Å². The van der Waals surface area contributed by atoms with Crippen molar-refractivity contribution in [1.82, 2.24) is 20.3 Å². The van der Waals surface area contributed by atoms with E-state index >= 15 is 0 Å². The normalized spacial score (nSPS) is 10.6. The van der Waals surface area contributed by atoms with Crippen LogP contribution >= 0.6 is 0 Å². The Balaban J connectivity index is 1.21. The van der Waals surface area contributed by atoms with E-state index in [4.69, 9.17) is 14.2 Å². The Morgan fingerprint density at radius 2 is 1.43 bits per heavy atom. The van der Waals surface area contributed by atoms with Gasteiger partial charge >= 0.3 is 0 Å². The number of nitrogens with one attached hydrogen (secondary N) is 4. The van der Waals surface area contributed by atoms with Crippen LogP contribution in [0.5, 0.6) is 5.75 Å². The van der Waals surface area contributed by atoms with Gasteiger partial charge < -0.3 is 35.5 Å². The minimum Gasteiger partial charge on any atom is -0.497 e. The highest BCUT2D eigenvalue weighted by Gasteiger charge is 2.08. The zero-order chi connectivity index (χ0) is 29.4. The molecule has 0 atom stereocenters. The number of methoxy groups -OCH3 is 1. The van der Waals surface area contributed by atoms with Crippen molar-refractivity contribution in [3.63, 3.8) is 0 Å². The van der Waals surface area contributed by atoms with Crippen molar-refractivity contribution in [3.8, 4) is 5.75 Å². The van der Waals surface area contributed by atoms with Crippen LogP contribution in [0.25, 0.3) is 0 Å². The van der Waals surface area contributed by atoms with Gasteiger partial charge in [0.15, 0.2) is 0 Å². The SMILES string of the molecule is COc1cccc(Nc2nc(NCCOCCOCCNC(=O)c3ccccc3)nc(NCc3ccc(C)cc3)n2)c1. The van der Waals surface area contributed by atoms with Gasteiger partial charge in [-0.2, -0.15) is 15.0 Å². The van der Waals surface area contributed by atoms with Crippen LogP contribution in [0.15, 0.2) is 78.9 Å². The molecule has 11 heteroatoms. The molecule has 0 bridgehead atoms. The highest BCUT2D eigenvalue weighted by atomic mass is 16.5. The zero-order valence-corrected chi connectivity index (χ0v) is 23.9. The molecule has 1 amide bonds. The number of aryl methyl sites for hydroxylation is 1. The molecular weight excluding hydrogens is 534 g/mol. The minimum atomic E-state index is -0.116. The standard InChI is InChI=1S/C31H37N7O4/c1-23-11-13-24(14-12-23)22-34-30-36-29(37-31(38-30)35-26-9-6-10-27(21-26)40-2)33-16-18-42-20-19-41-17-15-32-28(39)25-7-4-3-5-8-25/h3-14,21H,15-20,22H2,1-2H3,(H,32,39)(H3,33,34,35,36,37,38). The van der Waals surface area contributed by atoms with Gasteiger partial charge in [0.2, 0.25) is 17.8 Å². The predicted molar refractivity (Wildman–Crippen MR) is 164 cm³/mol. The van der Waals surface area contributed by atoms with E-state index in [1.165, 1.54) is 5.56 Å². The number of carbonyl (C=O) groups is 1. The van der Waals surface area contributed by atoms with Crippen molar-refractivity contribution in [1.29, 1.82) is 0 Å². The van der Waals surface area contributed by atoms with Crippen molar-refractivity contribution in [3.05, 3.63) is 95.6 Å². The first kappa shape index (κ1) is 30.2. The molecule has 4 rings (SSSR count). The molecule has 1 heterocycles. The molecule has 0 spiro atoms. The van der Waals surface area contributed by atoms with Crippen molar-refractivity contribution < 1.29 is 19.0 Å². The lowest BCUT2D eigenvalue weighted by Gasteiger charge is -2.12. The van der Waals surface area contributed by atoms with Gasteiger partial charge in [-0.1, -0.05) is 54.1 Å². The topological polar surface area (TPSA) is 132 Å². The van der Waals surface area contributed by atoms with Crippen molar-refractivity contribution >= 4 is 29.4 Å². The minimum absolute atomic E-state index is 0.116. The number of benzene rings is 3. The van der Waals surface area contributed by atoms with Crippen LogP contribution < -0.4 is 26.0 Å². The highest BCUT2D eigenvalue weighted by molar-refractivity contribution is 5.94. The summed E-state index contributed by atoms with van der Waals surface area (Å²) in [6, 6.07) is 24.9. The lowest BCUT2D eigenvalue weighted by molar-refractivity contribution is 0.0519. The molecular formula is C31H37N7O4. The van der Waals surface area contributed by atoms with E-state index in [9.17, 15) is 4.79 Å². The number of nitrogens with zero attached hydrogens (tertiary/aromatic N) is 3. The lowest BCUT2D eigenvalue weighted by Crippen LogP contribution is -2.27. The summed E-state index contributed by atoms with van der Waals surface area (Å²) in [6.07, 6.45) is 0. The van der Waals surface area contributed by atoms with E-state index in [1.807, 2.05) is 42.5 Å². The largest absolute Gasteiger partial charge is 0.497 e. The molecule has 0 aliphatic heterocycles. The number of rotatable bonds is 17. The molecule has 220 valence electrons. The monoisotopic (exact) mass is 571 g/mol. The van der Waals surface area contributed by atoms with E-state index in [2.05, 4.69) is 67.4 Å². The fourth-order valence-corrected chi connectivity index (χ4v) is 3.79. The van der Waals surface area contributed by atoms with Crippen LogP contribution in [0.3, 0.4) is 0 Å². The summed E-state index contributed by atoms with van der Waals surface area (Å²) in [5.41, 5.74) is 3.74. The molecule has 3 aromatic carbocycles. The summed E-state index contributed by atoms with van der Waals surface area (Å²) in [5, 5.41) is 12.5. The maximum Gasteiger partial charge on any atom is 0.251 e. The molecule has 0 saturated heterocycles. The van der Waals surface area contributed by atoms with Crippen LogP contribution in [-0.4, -0.2) is 67.5 Å². The molecule has 4 aromatic rings. The Labute approximate surface area is 246 Å². The fraction of sp³-hybridized carbons (Fsp3) is 0.290. The first-order valence-electron chi connectivity index (χ1n) is 13.8. The van der Waals surface area contributed by atoms with Crippen LogP contribution in [0.4, 0.5) is 23.5 Å². The van der Waals surface area contributed by atoms with Crippen LogP contribution in [0.2, 0.25) is 0 Å². The molecule has 0 fully saturated rings. The smallest absolute Gasteiger partial charge is 0.251 e. The van der Waals surface area contributed by atoms with Gasteiger partial charge in [0.25, 0.3) is 5.91 Å². The molecule has 0 aliphatic rings. The predicted octanol–water partition coefficient (Wildman–Crippen LogP) is 4.42. The average Bonchev–Trinajstić information content (AvgIpc) is 3.02. The number of hydrogen-bond donors (Lipinski definition) is 4. The molecule has 0 aliphatic carbocycles. The van der Waals surface area contributed by atoms with E-state index in [0.29, 0.717) is 69.5 Å². The second kappa shape index (κ2) is 16.5. The summed E-state index contributed by atoms with van der Waals surface area (Å²) < 4.78 is 16.5. The summed E-state index contributed by atoms with van der Waals surface area (Å²) in [6.45, 7) is 5.25. The van der Waals surface area contributed by atoms with Gasteiger partial charge in [-0.25, -0.2) is 0 Å². The van der Waals surface area contributed by atoms with Crippen molar-refractivity contribution in [2.24, 2.45) is 0 Å².